The van der Waals surface area contributed by atoms with Crippen LogP contribution >= 0.6 is 0 Å². The van der Waals surface area contributed by atoms with E-state index < -0.39 is 5.91 Å². The molecule has 25 heavy (non-hydrogen) atoms. The Morgan fingerprint density at radius 1 is 1.28 bits per heavy atom. The fourth-order valence-electron chi connectivity index (χ4n) is 3.08. The number of amides is 1. The van der Waals surface area contributed by atoms with E-state index in [9.17, 15) is 4.79 Å². The molecule has 2 heterocycles. The predicted octanol–water partition coefficient (Wildman–Crippen LogP) is 2.10. The summed E-state index contributed by atoms with van der Waals surface area (Å²) in [6.07, 6.45) is 6.02. The molecule has 6 heteroatoms. The molecule has 0 radical (unpaired) electrons. The molecule has 1 aromatic heterocycles. The lowest BCUT2D eigenvalue weighted by molar-refractivity contribution is 0.1000. The maximum atomic E-state index is 12.2. The molecule has 0 fully saturated rings. The summed E-state index contributed by atoms with van der Waals surface area (Å²) in [4.78, 5) is 25.1. The lowest BCUT2D eigenvalue weighted by Crippen LogP contribution is -2.30. The summed E-state index contributed by atoms with van der Waals surface area (Å²) in [5.74, 6) is -0.411. The van der Waals surface area contributed by atoms with Gasteiger partial charge in [-0.05, 0) is 31.8 Å². The van der Waals surface area contributed by atoms with E-state index >= 15 is 0 Å². The Labute approximate surface area is 148 Å². The SMILES string of the molecule is CN(C)CCN(C)c1cc(-c2cccnc2)c2c(c1C(N)=O)CC=N2. The molecule has 0 unspecified atom stereocenters. The maximum absolute atomic E-state index is 12.2. The smallest absolute Gasteiger partial charge is 0.251 e. The quantitative estimate of drug-likeness (QED) is 0.876. The van der Waals surface area contributed by atoms with E-state index in [1.165, 1.54) is 0 Å². The molecule has 1 aliphatic rings. The number of aromatic nitrogens is 1. The van der Waals surface area contributed by atoms with Crippen LogP contribution in [0.5, 0.6) is 0 Å². The molecule has 1 amide bonds. The Bertz CT molecular complexity index is 814. The van der Waals surface area contributed by atoms with Gasteiger partial charge in [0, 0.05) is 56.3 Å². The number of benzene rings is 1. The van der Waals surface area contributed by atoms with Crippen molar-refractivity contribution in [2.75, 3.05) is 39.1 Å². The topological polar surface area (TPSA) is 74.8 Å². The van der Waals surface area contributed by atoms with E-state index in [2.05, 4.69) is 19.8 Å². The number of rotatable bonds is 6. The molecular weight excluding hydrogens is 314 g/mol. The number of likely N-dealkylation sites (N-methyl/N-ethyl adjacent to an activating group) is 2. The molecule has 130 valence electrons. The largest absolute Gasteiger partial charge is 0.373 e. The van der Waals surface area contributed by atoms with Gasteiger partial charge in [0.15, 0.2) is 0 Å². The highest BCUT2D eigenvalue weighted by Gasteiger charge is 2.25. The summed E-state index contributed by atoms with van der Waals surface area (Å²) in [5.41, 5.74) is 10.8. The summed E-state index contributed by atoms with van der Waals surface area (Å²) >= 11 is 0. The Balaban J connectivity index is 2.15. The average molecular weight is 337 g/mol. The second-order valence-corrected chi connectivity index (χ2v) is 6.49. The molecule has 2 aromatic rings. The second-order valence-electron chi connectivity index (χ2n) is 6.49. The Kier molecular flexibility index (Phi) is 4.81. The van der Waals surface area contributed by atoms with Crippen molar-refractivity contribution < 1.29 is 4.79 Å². The van der Waals surface area contributed by atoms with Crippen LogP contribution in [-0.2, 0) is 6.42 Å². The fourth-order valence-corrected chi connectivity index (χ4v) is 3.08. The third kappa shape index (κ3) is 3.39. The van der Waals surface area contributed by atoms with Crippen LogP contribution in [0.4, 0.5) is 11.4 Å². The maximum Gasteiger partial charge on any atom is 0.251 e. The van der Waals surface area contributed by atoms with Gasteiger partial charge in [-0.15, -0.1) is 0 Å². The number of pyridine rings is 1. The summed E-state index contributed by atoms with van der Waals surface area (Å²) < 4.78 is 0. The number of anilines is 1. The van der Waals surface area contributed by atoms with Gasteiger partial charge in [-0.2, -0.15) is 0 Å². The number of carbonyl (C=O) groups is 1. The van der Waals surface area contributed by atoms with Crippen LogP contribution in [0, 0.1) is 0 Å². The monoisotopic (exact) mass is 337 g/mol. The van der Waals surface area contributed by atoms with Crippen molar-refractivity contribution >= 4 is 23.5 Å². The zero-order chi connectivity index (χ0) is 18.0. The van der Waals surface area contributed by atoms with Crippen LogP contribution in [0.15, 0.2) is 35.6 Å². The first-order valence-corrected chi connectivity index (χ1v) is 8.27. The van der Waals surface area contributed by atoms with Crippen LogP contribution in [0.2, 0.25) is 0 Å². The van der Waals surface area contributed by atoms with E-state index in [-0.39, 0.29) is 0 Å². The minimum atomic E-state index is -0.411. The minimum Gasteiger partial charge on any atom is -0.373 e. The Morgan fingerprint density at radius 3 is 2.72 bits per heavy atom. The van der Waals surface area contributed by atoms with Gasteiger partial charge in [-0.1, -0.05) is 6.07 Å². The molecule has 2 N–H and O–H groups in total. The van der Waals surface area contributed by atoms with Crippen LogP contribution < -0.4 is 10.6 Å². The first kappa shape index (κ1) is 17.1. The standard InChI is InChI=1S/C19H23N5O/c1-23(2)9-10-24(3)16-11-15(13-5-4-7-21-12-13)18-14(6-8-22-18)17(16)19(20)25/h4-5,7-8,11-12H,6,9-10H2,1-3H3,(H2,20,25). The fraction of sp³-hybridized carbons (Fsp3) is 0.316. The molecule has 0 saturated heterocycles. The number of primary amides is 1. The molecule has 6 nitrogen and oxygen atoms in total. The number of nitrogens with two attached hydrogens (primary N) is 1. The first-order chi connectivity index (χ1) is 12.0. The zero-order valence-electron chi connectivity index (χ0n) is 14.9. The number of carbonyl (C=O) groups excluding carboxylic acids is 1. The third-order valence-corrected chi connectivity index (χ3v) is 4.41. The van der Waals surface area contributed by atoms with Crippen molar-refractivity contribution in [2.45, 2.75) is 6.42 Å². The molecule has 0 spiro atoms. The molecule has 0 saturated carbocycles. The van der Waals surface area contributed by atoms with E-state index in [4.69, 9.17) is 5.73 Å². The van der Waals surface area contributed by atoms with Crippen molar-refractivity contribution in [2.24, 2.45) is 10.7 Å². The van der Waals surface area contributed by atoms with Crippen LogP contribution in [-0.4, -0.2) is 56.2 Å². The summed E-state index contributed by atoms with van der Waals surface area (Å²) in [6, 6.07) is 5.91. The Hall–Kier alpha value is -2.73. The van der Waals surface area contributed by atoms with Crippen molar-refractivity contribution in [3.05, 3.63) is 41.7 Å². The van der Waals surface area contributed by atoms with Crippen molar-refractivity contribution in [1.82, 2.24) is 9.88 Å². The molecule has 0 atom stereocenters. The van der Waals surface area contributed by atoms with Crippen molar-refractivity contribution in [3.63, 3.8) is 0 Å². The van der Waals surface area contributed by atoms with E-state index in [0.29, 0.717) is 12.0 Å². The number of hydrogen-bond acceptors (Lipinski definition) is 5. The van der Waals surface area contributed by atoms with Crippen LogP contribution in [0.1, 0.15) is 15.9 Å². The van der Waals surface area contributed by atoms with Crippen molar-refractivity contribution in [1.29, 1.82) is 0 Å². The molecule has 1 aliphatic heterocycles. The third-order valence-electron chi connectivity index (χ3n) is 4.41. The normalized spacial score (nSPS) is 12.5. The number of fused-ring (bicyclic) bond motifs is 1. The first-order valence-electron chi connectivity index (χ1n) is 8.27. The van der Waals surface area contributed by atoms with Gasteiger partial charge in [-0.3, -0.25) is 14.8 Å². The summed E-state index contributed by atoms with van der Waals surface area (Å²) in [5, 5.41) is 0. The lowest BCUT2D eigenvalue weighted by atomic mass is 9.94. The predicted molar refractivity (Wildman–Crippen MR) is 102 cm³/mol. The highest BCUT2D eigenvalue weighted by molar-refractivity contribution is 6.06. The van der Waals surface area contributed by atoms with Gasteiger partial charge in [0.05, 0.1) is 16.9 Å². The van der Waals surface area contributed by atoms with Gasteiger partial charge in [0.2, 0.25) is 0 Å². The van der Waals surface area contributed by atoms with Gasteiger partial charge in [-0.25, -0.2) is 0 Å². The minimum absolute atomic E-state index is 0.411. The Morgan fingerprint density at radius 2 is 2.08 bits per heavy atom. The number of hydrogen-bond donors (Lipinski definition) is 1. The molecule has 0 bridgehead atoms. The zero-order valence-corrected chi connectivity index (χ0v) is 14.9. The van der Waals surface area contributed by atoms with Crippen LogP contribution in [0.25, 0.3) is 11.1 Å². The van der Waals surface area contributed by atoms with Gasteiger partial charge in [0.25, 0.3) is 5.91 Å². The van der Waals surface area contributed by atoms with Gasteiger partial charge in [0.1, 0.15) is 0 Å². The summed E-state index contributed by atoms with van der Waals surface area (Å²) in [7, 11) is 6.04. The molecule has 3 rings (SSSR count). The summed E-state index contributed by atoms with van der Waals surface area (Å²) in [6.45, 7) is 1.67. The molecule has 1 aromatic carbocycles. The van der Waals surface area contributed by atoms with Gasteiger partial charge < -0.3 is 15.5 Å². The lowest BCUT2D eigenvalue weighted by Gasteiger charge is -2.26. The molecular formula is C19H23N5O. The van der Waals surface area contributed by atoms with E-state index in [0.717, 1.165) is 41.2 Å². The van der Waals surface area contributed by atoms with Crippen LogP contribution in [0.3, 0.4) is 0 Å². The number of nitrogens with zero attached hydrogens (tertiary/aromatic N) is 4. The van der Waals surface area contributed by atoms with Crippen molar-refractivity contribution in [3.8, 4) is 11.1 Å². The highest BCUT2D eigenvalue weighted by atomic mass is 16.1. The second kappa shape index (κ2) is 7.03. The number of aliphatic imine (C=N–C) groups is 1. The van der Waals surface area contributed by atoms with E-state index in [1.54, 1.807) is 6.20 Å². The highest BCUT2D eigenvalue weighted by Crippen LogP contribution is 2.42. The molecule has 0 aliphatic carbocycles. The average Bonchev–Trinajstić information content (AvgIpc) is 3.08. The van der Waals surface area contributed by atoms with E-state index in [1.807, 2.05) is 51.8 Å². The van der Waals surface area contributed by atoms with Gasteiger partial charge >= 0.3 is 0 Å².